The third-order valence-electron chi connectivity index (χ3n) is 7.88. The van der Waals surface area contributed by atoms with Crippen LogP contribution in [0.5, 0.6) is 0 Å². The highest BCUT2D eigenvalue weighted by atomic mass is 35.5. The zero-order valence-corrected chi connectivity index (χ0v) is 22.8. The first-order valence-corrected chi connectivity index (χ1v) is 13.8. The van der Waals surface area contributed by atoms with E-state index in [4.69, 9.17) is 49.5 Å². The minimum Gasteiger partial charge on any atom is -0.385 e. The lowest BCUT2D eigenvalue weighted by Gasteiger charge is -2.40. The van der Waals surface area contributed by atoms with Crippen molar-refractivity contribution >= 4 is 29.4 Å². The summed E-state index contributed by atoms with van der Waals surface area (Å²) in [6.07, 6.45) is -2.89. The maximum atomic E-state index is 13.4. The van der Waals surface area contributed by atoms with Gasteiger partial charge < -0.3 is 42.7 Å². The molecular formula is C25H36ClF3N10O. The van der Waals surface area contributed by atoms with E-state index in [2.05, 4.69) is 0 Å². The summed E-state index contributed by atoms with van der Waals surface area (Å²) in [5, 5.41) is 11.0. The summed E-state index contributed by atoms with van der Waals surface area (Å²) < 4.78 is 40.3. The predicted molar refractivity (Wildman–Crippen MR) is 147 cm³/mol. The van der Waals surface area contributed by atoms with E-state index in [1.54, 1.807) is 0 Å². The number of alkyl halides is 3. The van der Waals surface area contributed by atoms with Gasteiger partial charge in [0.25, 0.3) is 0 Å². The lowest BCUT2D eigenvalue weighted by molar-refractivity contribution is -0.137. The molecule has 0 unspecified atom stereocenters. The number of halogens is 4. The first kappa shape index (κ1) is 29.0. The Kier molecular flexibility index (Phi) is 8.03. The third-order valence-corrected chi connectivity index (χ3v) is 8.21. The van der Waals surface area contributed by atoms with Crippen molar-refractivity contribution in [3.63, 3.8) is 0 Å². The van der Waals surface area contributed by atoms with Gasteiger partial charge in [0.15, 0.2) is 0 Å². The van der Waals surface area contributed by atoms with Crippen molar-refractivity contribution in [2.24, 2.45) is 22.9 Å². The molecule has 0 bridgehead atoms. The number of nitrogens with two attached hydrogens (primary N) is 4. The minimum absolute atomic E-state index is 0.129. The number of benzene rings is 1. The number of nitrogens with zero attached hydrogens (tertiary/aromatic N) is 6. The van der Waals surface area contributed by atoms with Crippen LogP contribution in [0.3, 0.4) is 0 Å². The lowest BCUT2D eigenvalue weighted by atomic mass is 9.84. The Hall–Kier alpha value is -2.49. The predicted octanol–water partition coefficient (Wildman–Crippen LogP) is 0.761. The molecule has 5 rings (SSSR count). The molecule has 4 heterocycles. The molecule has 9 N–H and O–H groups in total. The summed E-state index contributed by atoms with van der Waals surface area (Å²) in [5.74, 6) is 1.27. The highest BCUT2D eigenvalue weighted by Crippen LogP contribution is 2.40. The first-order valence-electron chi connectivity index (χ1n) is 13.4. The van der Waals surface area contributed by atoms with Crippen LogP contribution in [0.25, 0.3) is 0 Å². The van der Waals surface area contributed by atoms with E-state index in [-0.39, 0.29) is 42.6 Å². The van der Waals surface area contributed by atoms with E-state index in [0.717, 1.165) is 6.07 Å². The van der Waals surface area contributed by atoms with Crippen molar-refractivity contribution in [1.82, 2.24) is 15.0 Å². The summed E-state index contributed by atoms with van der Waals surface area (Å²) in [7, 11) is 0. The molecule has 3 fully saturated rings. The van der Waals surface area contributed by atoms with Crippen molar-refractivity contribution in [3.05, 3.63) is 34.3 Å². The second-order valence-corrected chi connectivity index (χ2v) is 11.7. The molecule has 0 saturated carbocycles. The number of hydrogen-bond donors (Lipinski definition) is 5. The molecule has 1 aromatic heterocycles. The molecule has 0 amide bonds. The third kappa shape index (κ3) is 6.21. The van der Waals surface area contributed by atoms with Crippen LogP contribution >= 0.6 is 11.6 Å². The number of hydrogen-bond acceptors (Lipinski definition) is 11. The minimum atomic E-state index is -4.62. The van der Waals surface area contributed by atoms with Crippen LogP contribution in [-0.2, 0) is 11.8 Å². The number of aliphatic hydroxyl groups is 1. The fraction of sp³-hybridized carbons (Fsp3) is 0.640. The van der Waals surface area contributed by atoms with Crippen molar-refractivity contribution in [1.29, 1.82) is 0 Å². The van der Waals surface area contributed by atoms with Gasteiger partial charge in [-0.25, -0.2) is 0 Å². The molecule has 4 atom stereocenters. The lowest BCUT2D eigenvalue weighted by Crippen LogP contribution is -2.54. The smallest absolute Gasteiger partial charge is 0.385 e. The van der Waals surface area contributed by atoms with E-state index in [1.165, 1.54) is 12.1 Å². The van der Waals surface area contributed by atoms with Crippen LogP contribution < -0.4 is 37.6 Å². The molecule has 0 spiro atoms. The average Bonchev–Trinajstić information content (AvgIpc) is 2.87. The van der Waals surface area contributed by atoms with E-state index < -0.39 is 22.4 Å². The fourth-order valence-electron chi connectivity index (χ4n) is 5.85. The Morgan fingerprint density at radius 2 is 1.20 bits per heavy atom. The molecule has 3 aliphatic rings. The van der Waals surface area contributed by atoms with E-state index in [9.17, 15) is 18.3 Å². The Balaban J connectivity index is 1.42. The highest BCUT2D eigenvalue weighted by Gasteiger charge is 2.39. The van der Waals surface area contributed by atoms with Crippen molar-refractivity contribution in [3.8, 4) is 0 Å². The van der Waals surface area contributed by atoms with Crippen molar-refractivity contribution in [2.45, 2.75) is 61.6 Å². The molecule has 0 radical (unpaired) electrons. The largest absolute Gasteiger partial charge is 0.417 e. The zero-order valence-electron chi connectivity index (χ0n) is 22.1. The van der Waals surface area contributed by atoms with Crippen LogP contribution in [0.15, 0.2) is 18.2 Å². The average molecular weight is 585 g/mol. The topological polar surface area (TPSA) is 173 Å². The SMILES string of the molecule is N[C@@H]1C[C@H](N)CN(c2nc(N3CCC(O)(c4ccc(Cl)c(C(F)(F)F)c4)CC3)nc(N3C[C@H](N)C[C@H](N)C3)n2)C1. The van der Waals surface area contributed by atoms with Crippen molar-refractivity contribution < 1.29 is 18.3 Å². The summed E-state index contributed by atoms with van der Waals surface area (Å²) in [6, 6.07) is 3.04. The Morgan fingerprint density at radius 1 is 0.775 bits per heavy atom. The van der Waals surface area contributed by atoms with E-state index in [1.807, 2.05) is 14.7 Å². The van der Waals surface area contributed by atoms with Crippen LogP contribution in [0.4, 0.5) is 31.0 Å². The number of rotatable bonds is 4. The molecule has 3 aliphatic heterocycles. The van der Waals surface area contributed by atoms with Gasteiger partial charge in [0.2, 0.25) is 17.8 Å². The molecular weight excluding hydrogens is 549 g/mol. The van der Waals surface area contributed by atoms with Gasteiger partial charge in [-0.3, -0.25) is 0 Å². The second-order valence-electron chi connectivity index (χ2n) is 11.3. The molecule has 1 aromatic carbocycles. The van der Waals surface area contributed by atoms with Gasteiger partial charge in [0.05, 0.1) is 16.2 Å². The van der Waals surface area contributed by atoms with Crippen molar-refractivity contribution in [2.75, 3.05) is 54.0 Å². The maximum absolute atomic E-state index is 13.4. The van der Waals surface area contributed by atoms with Gasteiger partial charge in [0, 0.05) is 63.4 Å². The zero-order chi connectivity index (χ0) is 28.8. The van der Waals surface area contributed by atoms with Crippen LogP contribution in [0.2, 0.25) is 5.02 Å². The Morgan fingerprint density at radius 3 is 1.62 bits per heavy atom. The molecule has 0 aliphatic carbocycles. The van der Waals surface area contributed by atoms with Crippen LogP contribution in [-0.4, -0.2) is 83.5 Å². The fourth-order valence-corrected chi connectivity index (χ4v) is 6.07. The number of piperidine rings is 3. The highest BCUT2D eigenvalue weighted by molar-refractivity contribution is 6.31. The van der Waals surface area contributed by atoms with E-state index >= 15 is 0 Å². The second kappa shape index (κ2) is 11.1. The van der Waals surface area contributed by atoms with Crippen LogP contribution in [0.1, 0.15) is 36.8 Å². The molecule has 15 heteroatoms. The molecule has 220 valence electrons. The molecule has 3 saturated heterocycles. The normalized spacial score (nSPS) is 27.7. The Labute approximate surface area is 235 Å². The molecule has 2 aromatic rings. The summed E-state index contributed by atoms with van der Waals surface area (Å²) in [6.45, 7) is 2.75. The standard InChI is InChI=1S/C25H36ClF3N10O/c26-20-2-1-14(7-19(20)25(27,28)29)24(40)3-5-37(6-4-24)21-34-22(38-10-15(30)8-16(31)11-38)36-23(35-21)39-12-17(32)9-18(33)13-39/h1-2,7,15-18,40H,3-6,8-13,30-33H2/t15-,16+,17-,18+. The molecule has 11 nitrogen and oxygen atoms in total. The van der Waals surface area contributed by atoms with Crippen LogP contribution in [0, 0.1) is 0 Å². The number of aromatic nitrogens is 3. The summed E-state index contributed by atoms with van der Waals surface area (Å²) in [5.41, 5.74) is 22.7. The summed E-state index contributed by atoms with van der Waals surface area (Å²) in [4.78, 5) is 20.0. The van der Waals surface area contributed by atoms with Gasteiger partial charge in [-0.1, -0.05) is 17.7 Å². The van der Waals surface area contributed by atoms with Gasteiger partial charge >= 0.3 is 6.18 Å². The number of anilines is 3. The Bertz CT molecular complexity index is 1150. The molecule has 40 heavy (non-hydrogen) atoms. The van der Waals surface area contributed by atoms with Gasteiger partial charge in [-0.05, 0) is 43.4 Å². The maximum Gasteiger partial charge on any atom is 0.417 e. The summed E-state index contributed by atoms with van der Waals surface area (Å²) >= 11 is 5.79. The monoisotopic (exact) mass is 584 g/mol. The van der Waals surface area contributed by atoms with E-state index in [0.29, 0.717) is 70.0 Å². The van der Waals surface area contributed by atoms with Gasteiger partial charge in [0.1, 0.15) is 0 Å². The first-order chi connectivity index (χ1) is 18.8. The van der Waals surface area contributed by atoms with Gasteiger partial charge in [-0.15, -0.1) is 0 Å². The quantitative estimate of drug-likeness (QED) is 0.343. The van der Waals surface area contributed by atoms with Gasteiger partial charge in [-0.2, -0.15) is 28.1 Å².